The number of nitrogens with two attached hydrogens (primary N) is 2. The molecule has 1 rings (SSSR count). The van der Waals surface area contributed by atoms with Crippen LogP contribution in [0.25, 0.3) is 0 Å². The lowest BCUT2D eigenvalue weighted by Crippen LogP contribution is -2.29. The van der Waals surface area contributed by atoms with Gasteiger partial charge in [-0.05, 0) is 6.07 Å². The van der Waals surface area contributed by atoms with Gasteiger partial charge in [0.2, 0.25) is 5.91 Å². The number of hydrogen-bond acceptors (Lipinski definition) is 6. The normalized spacial score (nSPS) is 10.1. The molecule has 9 nitrogen and oxygen atoms in total. The van der Waals surface area contributed by atoms with Gasteiger partial charge in [-0.15, -0.1) is 0 Å². The van der Waals surface area contributed by atoms with Crippen molar-refractivity contribution in [1.29, 1.82) is 0 Å². The zero-order valence-corrected chi connectivity index (χ0v) is 11.6. The molecule has 114 valence electrons. The molecule has 0 aromatic heterocycles. The van der Waals surface area contributed by atoms with E-state index in [1.54, 1.807) is 0 Å². The number of ether oxygens (including phenoxy) is 1. The number of nitrogens with zero attached hydrogens (tertiary/aromatic N) is 1. The van der Waals surface area contributed by atoms with E-state index >= 15 is 0 Å². The molecule has 10 heteroatoms. The predicted octanol–water partition coefficient (Wildman–Crippen LogP) is 0.0621. The van der Waals surface area contributed by atoms with Gasteiger partial charge in [-0.3, -0.25) is 19.7 Å². The van der Waals surface area contributed by atoms with E-state index in [0.717, 1.165) is 6.07 Å². The maximum atomic E-state index is 11.8. The Morgan fingerprint density at radius 2 is 2.10 bits per heavy atom. The zero-order valence-electron chi connectivity index (χ0n) is 10.8. The van der Waals surface area contributed by atoms with Crippen LogP contribution in [-0.4, -0.2) is 36.5 Å². The van der Waals surface area contributed by atoms with Gasteiger partial charge >= 0.3 is 0 Å². The van der Waals surface area contributed by atoms with Crippen molar-refractivity contribution < 1.29 is 19.2 Å². The van der Waals surface area contributed by atoms with Crippen LogP contribution in [0.2, 0.25) is 5.02 Å². The van der Waals surface area contributed by atoms with Crippen LogP contribution < -0.4 is 16.8 Å². The largest absolute Gasteiger partial charge is 0.392 e. The molecule has 1 aromatic rings. The van der Waals surface area contributed by atoms with Crippen molar-refractivity contribution in [2.75, 3.05) is 25.5 Å². The summed E-state index contributed by atoms with van der Waals surface area (Å²) < 4.78 is 4.84. The molecule has 0 saturated carbocycles. The average molecular weight is 317 g/mol. The van der Waals surface area contributed by atoms with Crippen molar-refractivity contribution in [1.82, 2.24) is 5.32 Å². The number of nitrogens with one attached hydrogen (secondary N) is 1. The SMILES string of the molecule is NC(=O)COCCNC(=O)c1cc(Cl)c(N)c([N+](=O)[O-])c1. The molecule has 0 radical (unpaired) electrons. The summed E-state index contributed by atoms with van der Waals surface area (Å²) in [5, 5.41) is 13.1. The van der Waals surface area contributed by atoms with Crippen LogP contribution in [0.4, 0.5) is 11.4 Å². The van der Waals surface area contributed by atoms with Gasteiger partial charge < -0.3 is 21.5 Å². The van der Waals surface area contributed by atoms with Crippen molar-refractivity contribution >= 4 is 34.8 Å². The molecular formula is C11H13ClN4O5. The van der Waals surface area contributed by atoms with Crippen LogP contribution in [0.1, 0.15) is 10.4 Å². The van der Waals surface area contributed by atoms with Crippen LogP contribution in [0.15, 0.2) is 12.1 Å². The van der Waals surface area contributed by atoms with Crippen LogP contribution in [0.5, 0.6) is 0 Å². The molecule has 0 fully saturated rings. The number of primary amides is 1. The molecule has 2 amide bonds. The summed E-state index contributed by atoms with van der Waals surface area (Å²) in [6, 6.07) is 2.25. The molecular weight excluding hydrogens is 304 g/mol. The predicted molar refractivity (Wildman–Crippen MR) is 74.9 cm³/mol. The summed E-state index contributed by atoms with van der Waals surface area (Å²) in [7, 11) is 0. The molecule has 0 unspecified atom stereocenters. The lowest BCUT2D eigenvalue weighted by molar-refractivity contribution is -0.383. The second kappa shape index (κ2) is 7.41. The molecule has 0 aliphatic heterocycles. The Hall–Kier alpha value is -2.39. The number of benzene rings is 1. The van der Waals surface area contributed by atoms with Gasteiger partial charge in [0.1, 0.15) is 12.3 Å². The number of nitro groups is 1. The third kappa shape index (κ3) is 4.89. The maximum absolute atomic E-state index is 11.8. The molecule has 0 aliphatic carbocycles. The number of amides is 2. The van der Waals surface area contributed by atoms with Crippen LogP contribution in [0, 0.1) is 10.1 Å². The van der Waals surface area contributed by atoms with Crippen molar-refractivity contribution in [3.05, 3.63) is 32.8 Å². The standard InChI is InChI=1S/C11H13ClN4O5/c12-7-3-6(4-8(10(7)14)16(19)20)11(18)15-1-2-21-5-9(13)17/h3-4H,1-2,5,14H2,(H2,13,17)(H,15,18). The fourth-order valence-electron chi connectivity index (χ4n) is 1.40. The molecule has 0 saturated heterocycles. The van der Waals surface area contributed by atoms with Gasteiger partial charge in [-0.25, -0.2) is 0 Å². The molecule has 5 N–H and O–H groups in total. The fraction of sp³-hybridized carbons (Fsp3) is 0.273. The third-order valence-electron chi connectivity index (χ3n) is 2.34. The molecule has 0 atom stereocenters. The molecule has 0 aliphatic rings. The first-order valence-electron chi connectivity index (χ1n) is 5.70. The maximum Gasteiger partial charge on any atom is 0.294 e. The summed E-state index contributed by atoms with van der Waals surface area (Å²) in [5.74, 6) is -1.20. The monoisotopic (exact) mass is 316 g/mol. The average Bonchev–Trinajstić information content (AvgIpc) is 2.40. The number of nitro benzene ring substituents is 1. The van der Waals surface area contributed by atoms with E-state index in [1.807, 2.05) is 0 Å². The highest BCUT2D eigenvalue weighted by Gasteiger charge is 2.19. The smallest absolute Gasteiger partial charge is 0.294 e. The van der Waals surface area contributed by atoms with Gasteiger partial charge in [0.15, 0.2) is 0 Å². The lowest BCUT2D eigenvalue weighted by atomic mass is 10.1. The van der Waals surface area contributed by atoms with Gasteiger partial charge in [-0.1, -0.05) is 11.6 Å². The minimum Gasteiger partial charge on any atom is -0.392 e. The van der Waals surface area contributed by atoms with Crippen LogP contribution in [0.3, 0.4) is 0 Å². The highest BCUT2D eigenvalue weighted by atomic mass is 35.5. The van der Waals surface area contributed by atoms with Crippen molar-refractivity contribution in [3.63, 3.8) is 0 Å². The highest BCUT2D eigenvalue weighted by Crippen LogP contribution is 2.30. The number of rotatable bonds is 7. The Bertz CT molecular complexity index is 578. The fourth-order valence-corrected chi connectivity index (χ4v) is 1.61. The Balaban J connectivity index is 2.66. The van der Waals surface area contributed by atoms with E-state index in [2.05, 4.69) is 5.32 Å². The second-order valence-corrected chi connectivity index (χ2v) is 4.33. The quantitative estimate of drug-likeness (QED) is 0.280. The minimum atomic E-state index is -0.728. The van der Waals surface area contributed by atoms with Crippen molar-refractivity contribution in [2.45, 2.75) is 0 Å². The summed E-state index contributed by atoms with van der Waals surface area (Å²) in [6.45, 7) is -0.0869. The van der Waals surface area contributed by atoms with Gasteiger partial charge in [0, 0.05) is 18.2 Å². The highest BCUT2D eigenvalue weighted by molar-refractivity contribution is 6.34. The van der Waals surface area contributed by atoms with E-state index in [4.69, 9.17) is 27.8 Å². The molecule has 0 heterocycles. The van der Waals surface area contributed by atoms with E-state index in [1.165, 1.54) is 6.07 Å². The topological polar surface area (TPSA) is 151 Å². The Morgan fingerprint density at radius 3 is 2.67 bits per heavy atom. The van der Waals surface area contributed by atoms with E-state index in [-0.39, 0.29) is 36.0 Å². The molecule has 0 spiro atoms. The number of carbonyl (C=O) groups excluding carboxylic acids is 2. The van der Waals surface area contributed by atoms with Crippen molar-refractivity contribution in [3.8, 4) is 0 Å². The summed E-state index contributed by atoms with van der Waals surface area (Å²) in [6.07, 6.45) is 0. The van der Waals surface area contributed by atoms with E-state index < -0.39 is 22.4 Å². The Labute approximate surface area is 124 Å². The Kier molecular flexibility index (Phi) is 5.88. The summed E-state index contributed by atoms with van der Waals surface area (Å²) >= 11 is 5.74. The zero-order chi connectivity index (χ0) is 16.0. The molecule has 0 bridgehead atoms. The third-order valence-corrected chi connectivity index (χ3v) is 2.66. The first-order valence-corrected chi connectivity index (χ1v) is 6.08. The first kappa shape index (κ1) is 16.7. The number of carbonyl (C=O) groups is 2. The number of halogens is 1. The van der Waals surface area contributed by atoms with E-state index in [0.29, 0.717) is 0 Å². The van der Waals surface area contributed by atoms with Crippen molar-refractivity contribution in [2.24, 2.45) is 5.73 Å². The summed E-state index contributed by atoms with van der Waals surface area (Å²) in [4.78, 5) is 32.3. The molecule has 21 heavy (non-hydrogen) atoms. The van der Waals surface area contributed by atoms with Gasteiger partial charge in [0.25, 0.3) is 11.6 Å². The molecule has 1 aromatic carbocycles. The number of nitrogen functional groups attached to an aromatic ring is 1. The van der Waals surface area contributed by atoms with Gasteiger partial charge in [0.05, 0.1) is 16.6 Å². The number of anilines is 1. The Morgan fingerprint density at radius 1 is 1.43 bits per heavy atom. The number of hydrogen-bond donors (Lipinski definition) is 3. The van der Waals surface area contributed by atoms with Gasteiger partial charge in [-0.2, -0.15) is 0 Å². The second-order valence-electron chi connectivity index (χ2n) is 3.92. The minimum absolute atomic E-state index is 0.00389. The van der Waals surface area contributed by atoms with Crippen LogP contribution >= 0.6 is 11.6 Å². The van der Waals surface area contributed by atoms with Crippen LogP contribution in [-0.2, 0) is 9.53 Å². The van der Waals surface area contributed by atoms with E-state index in [9.17, 15) is 19.7 Å². The summed E-state index contributed by atoms with van der Waals surface area (Å²) in [5.41, 5.74) is 9.66. The lowest BCUT2D eigenvalue weighted by Gasteiger charge is -2.07. The first-order chi connectivity index (χ1) is 9.82.